The fourth-order valence-electron chi connectivity index (χ4n) is 4.07. The standard InChI is InChI=1S/C20H26ClFN4O/c21-16-13-15(3-4-17(16)22)18-14-26(12-11-25-9-1-2-10-25)19(24-18)20(27)5-7-23-8-6-20/h3-4,13-14,23,27H,1-2,5-12H2. The number of likely N-dealkylation sites (tertiary alicyclic amines) is 1. The highest BCUT2D eigenvalue weighted by Gasteiger charge is 2.36. The Morgan fingerprint density at radius 2 is 1.93 bits per heavy atom. The maximum atomic E-state index is 13.5. The molecule has 0 spiro atoms. The lowest BCUT2D eigenvalue weighted by Gasteiger charge is -2.32. The van der Waals surface area contributed by atoms with Gasteiger partial charge in [-0.3, -0.25) is 0 Å². The van der Waals surface area contributed by atoms with E-state index in [2.05, 4.69) is 14.8 Å². The molecule has 2 aliphatic rings. The van der Waals surface area contributed by atoms with Crippen LogP contribution >= 0.6 is 11.6 Å². The largest absolute Gasteiger partial charge is 0.382 e. The molecule has 4 rings (SSSR count). The van der Waals surface area contributed by atoms with Crippen LogP contribution in [0.5, 0.6) is 0 Å². The minimum absolute atomic E-state index is 0.0845. The first-order valence-electron chi connectivity index (χ1n) is 9.74. The van der Waals surface area contributed by atoms with Gasteiger partial charge < -0.3 is 19.9 Å². The van der Waals surface area contributed by atoms with E-state index in [1.807, 2.05) is 6.20 Å². The summed E-state index contributed by atoms with van der Waals surface area (Å²) >= 11 is 5.96. The van der Waals surface area contributed by atoms with Crippen LogP contribution in [0, 0.1) is 5.82 Å². The third kappa shape index (κ3) is 4.04. The van der Waals surface area contributed by atoms with Gasteiger partial charge in [-0.15, -0.1) is 0 Å². The van der Waals surface area contributed by atoms with Crippen molar-refractivity contribution in [1.29, 1.82) is 0 Å². The van der Waals surface area contributed by atoms with Crippen molar-refractivity contribution in [3.05, 3.63) is 41.1 Å². The van der Waals surface area contributed by atoms with Crippen LogP contribution < -0.4 is 5.32 Å². The zero-order valence-corrected chi connectivity index (χ0v) is 16.2. The molecule has 2 saturated heterocycles. The number of nitrogens with zero attached hydrogens (tertiary/aromatic N) is 3. The Morgan fingerprint density at radius 3 is 2.63 bits per heavy atom. The van der Waals surface area contributed by atoms with Gasteiger partial charge in [-0.05, 0) is 70.1 Å². The van der Waals surface area contributed by atoms with Crippen molar-refractivity contribution in [2.45, 2.75) is 37.8 Å². The summed E-state index contributed by atoms with van der Waals surface area (Å²) < 4.78 is 15.6. The summed E-state index contributed by atoms with van der Waals surface area (Å²) in [5.41, 5.74) is 0.554. The first-order valence-corrected chi connectivity index (χ1v) is 10.1. The fraction of sp³-hybridized carbons (Fsp3) is 0.550. The van der Waals surface area contributed by atoms with Crippen LogP contribution in [0.4, 0.5) is 4.39 Å². The predicted octanol–water partition coefficient (Wildman–Crippen LogP) is 3.01. The van der Waals surface area contributed by atoms with E-state index in [0.29, 0.717) is 18.7 Å². The molecule has 27 heavy (non-hydrogen) atoms. The van der Waals surface area contributed by atoms with Crippen LogP contribution in [0.25, 0.3) is 11.3 Å². The number of nitrogens with one attached hydrogen (secondary N) is 1. The Balaban J connectivity index is 1.65. The number of hydrogen-bond donors (Lipinski definition) is 2. The van der Waals surface area contributed by atoms with Gasteiger partial charge in [0.1, 0.15) is 17.2 Å². The Kier molecular flexibility index (Phi) is 5.50. The molecule has 146 valence electrons. The third-order valence-electron chi connectivity index (χ3n) is 5.69. The third-order valence-corrected chi connectivity index (χ3v) is 5.98. The zero-order valence-electron chi connectivity index (χ0n) is 15.4. The highest BCUT2D eigenvalue weighted by molar-refractivity contribution is 6.31. The van der Waals surface area contributed by atoms with Crippen LogP contribution in [0.2, 0.25) is 5.02 Å². The van der Waals surface area contributed by atoms with Crippen LogP contribution in [0.15, 0.2) is 24.4 Å². The van der Waals surface area contributed by atoms with Crippen LogP contribution in [0.3, 0.4) is 0 Å². The first-order chi connectivity index (χ1) is 13.0. The van der Waals surface area contributed by atoms with Crippen molar-refractivity contribution in [2.75, 3.05) is 32.7 Å². The monoisotopic (exact) mass is 392 g/mol. The molecule has 2 aliphatic heterocycles. The van der Waals surface area contributed by atoms with Gasteiger partial charge in [0.05, 0.1) is 10.7 Å². The molecule has 5 nitrogen and oxygen atoms in total. The van der Waals surface area contributed by atoms with Crippen LogP contribution in [0.1, 0.15) is 31.5 Å². The van der Waals surface area contributed by atoms with E-state index >= 15 is 0 Å². The van der Waals surface area contributed by atoms with E-state index in [-0.39, 0.29) is 5.02 Å². The fourth-order valence-corrected chi connectivity index (χ4v) is 4.25. The molecule has 0 radical (unpaired) electrons. The van der Waals surface area contributed by atoms with E-state index in [9.17, 15) is 9.50 Å². The second kappa shape index (κ2) is 7.87. The number of hydrogen-bond acceptors (Lipinski definition) is 4. The Labute approximate surface area is 164 Å². The molecule has 0 amide bonds. The minimum atomic E-state index is -0.932. The summed E-state index contributed by atoms with van der Waals surface area (Å²) in [4.78, 5) is 7.23. The number of piperidine rings is 1. The molecule has 7 heteroatoms. The van der Waals surface area contributed by atoms with Crippen LogP contribution in [-0.4, -0.2) is 52.3 Å². The molecule has 0 unspecified atom stereocenters. The predicted molar refractivity (Wildman–Crippen MR) is 104 cm³/mol. The number of rotatable bonds is 5. The molecule has 1 aromatic carbocycles. The lowest BCUT2D eigenvalue weighted by Crippen LogP contribution is -2.42. The summed E-state index contributed by atoms with van der Waals surface area (Å²) in [6, 6.07) is 4.64. The van der Waals surface area contributed by atoms with Gasteiger partial charge in [0.25, 0.3) is 0 Å². The van der Waals surface area contributed by atoms with Crippen molar-refractivity contribution in [3.63, 3.8) is 0 Å². The van der Waals surface area contributed by atoms with Crippen molar-refractivity contribution in [1.82, 2.24) is 19.8 Å². The van der Waals surface area contributed by atoms with Gasteiger partial charge in [-0.1, -0.05) is 11.6 Å². The van der Waals surface area contributed by atoms with Gasteiger partial charge in [0.15, 0.2) is 0 Å². The Bertz CT molecular complexity index is 797. The number of aliphatic hydroxyl groups is 1. The van der Waals surface area contributed by atoms with Crippen molar-refractivity contribution < 1.29 is 9.50 Å². The highest BCUT2D eigenvalue weighted by atomic mass is 35.5. The van der Waals surface area contributed by atoms with Gasteiger partial charge >= 0.3 is 0 Å². The minimum Gasteiger partial charge on any atom is -0.382 e. The summed E-state index contributed by atoms with van der Waals surface area (Å²) in [6.45, 7) is 5.55. The number of aromatic nitrogens is 2. The Morgan fingerprint density at radius 1 is 1.19 bits per heavy atom. The molecule has 2 fully saturated rings. The zero-order chi connectivity index (χ0) is 18.9. The molecule has 0 aliphatic carbocycles. The first kappa shape index (κ1) is 18.9. The smallest absolute Gasteiger partial charge is 0.141 e. The van der Waals surface area contributed by atoms with Crippen molar-refractivity contribution in [3.8, 4) is 11.3 Å². The molecule has 0 atom stereocenters. The molecule has 1 aromatic heterocycles. The number of halogens is 2. The Hall–Kier alpha value is -1.47. The van der Waals surface area contributed by atoms with Crippen molar-refractivity contribution >= 4 is 11.6 Å². The second-order valence-electron chi connectivity index (χ2n) is 7.60. The number of imidazole rings is 1. The SMILES string of the molecule is OC1(c2nc(-c3ccc(F)c(Cl)c3)cn2CCN2CCCC2)CCNCC1. The maximum Gasteiger partial charge on any atom is 0.141 e. The van der Waals surface area contributed by atoms with E-state index in [1.165, 1.54) is 18.9 Å². The summed E-state index contributed by atoms with van der Waals surface area (Å²) in [5, 5.41) is 14.6. The molecular weight excluding hydrogens is 367 g/mol. The number of benzene rings is 1. The van der Waals surface area contributed by atoms with Gasteiger partial charge in [-0.25, -0.2) is 9.37 Å². The summed E-state index contributed by atoms with van der Waals surface area (Å²) in [6.07, 6.45) is 5.75. The molecule has 0 bridgehead atoms. The van der Waals surface area contributed by atoms with E-state index in [0.717, 1.165) is 50.5 Å². The van der Waals surface area contributed by atoms with Gasteiger partial charge in [-0.2, -0.15) is 0 Å². The lowest BCUT2D eigenvalue weighted by atomic mass is 9.91. The van der Waals surface area contributed by atoms with E-state index < -0.39 is 11.4 Å². The topological polar surface area (TPSA) is 53.3 Å². The molecule has 3 heterocycles. The quantitative estimate of drug-likeness (QED) is 0.821. The van der Waals surface area contributed by atoms with E-state index in [4.69, 9.17) is 16.6 Å². The molecule has 2 N–H and O–H groups in total. The van der Waals surface area contributed by atoms with Gasteiger partial charge in [0, 0.05) is 24.8 Å². The molecule has 2 aromatic rings. The summed E-state index contributed by atoms with van der Waals surface area (Å²) in [7, 11) is 0. The van der Waals surface area contributed by atoms with Crippen molar-refractivity contribution in [2.24, 2.45) is 0 Å². The summed E-state index contributed by atoms with van der Waals surface area (Å²) in [5.74, 6) is 0.268. The highest BCUT2D eigenvalue weighted by Crippen LogP contribution is 2.33. The molecule has 0 saturated carbocycles. The average molecular weight is 393 g/mol. The average Bonchev–Trinajstić information content (AvgIpc) is 3.33. The maximum absolute atomic E-state index is 13.5. The van der Waals surface area contributed by atoms with Crippen LogP contribution in [-0.2, 0) is 12.1 Å². The second-order valence-corrected chi connectivity index (χ2v) is 8.01. The lowest BCUT2D eigenvalue weighted by molar-refractivity contribution is -0.00583. The molecular formula is C20H26ClFN4O. The normalized spacial score (nSPS) is 20.3. The van der Waals surface area contributed by atoms with Gasteiger partial charge in [0.2, 0.25) is 0 Å². The van der Waals surface area contributed by atoms with E-state index in [1.54, 1.807) is 12.1 Å².